The lowest BCUT2D eigenvalue weighted by Gasteiger charge is -2.07. The van der Waals surface area contributed by atoms with Gasteiger partial charge in [-0.2, -0.15) is 0 Å². The maximum Gasteiger partial charge on any atom is 0.266 e. The fourth-order valence-corrected chi connectivity index (χ4v) is 1.76. The van der Waals surface area contributed by atoms with E-state index in [1.165, 1.54) is 48.1 Å². The van der Waals surface area contributed by atoms with Gasteiger partial charge in [0.15, 0.2) is 0 Å². The third-order valence-electron chi connectivity index (χ3n) is 2.73. The topological polar surface area (TPSA) is 77.1 Å². The molecule has 0 aliphatic carbocycles. The van der Waals surface area contributed by atoms with Crippen molar-refractivity contribution >= 4 is 5.91 Å². The van der Waals surface area contributed by atoms with Gasteiger partial charge in [0.25, 0.3) is 11.5 Å². The number of hydrazine groups is 1. The number of nitrogens with zero attached hydrogens (tertiary/aromatic N) is 1. The van der Waals surface area contributed by atoms with Crippen molar-refractivity contribution in [2.24, 2.45) is 12.9 Å². The van der Waals surface area contributed by atoms with Crippen molar-refractivity contribution in [2.75, 3.05) is 0 Å². The van der Waals surface area contributed by atoms with Crippen LogP contribution < -0.4 is 16.8 Å². The second-order valence-electron chi connectivity index (χ2n) is 4.04. The Morgan fingerprint density at radius 3 is 2.53 bits per heavy atom. The van der Waals surface area contributed by atoms with Crippen molar-refractivity contribution in [2.45, 2.75) is 0 Å². The van der Waals surface area contributed by atoms with Gasteiger partial charge < -0.3 is 4.57 Å². The molecule has 1 heterocycles. The fraction of sp³-hybridized carbons (Fsp3) is 0.0769. The summed E-state index contributed by atoms with van der Waals surface area (Å²) < 4.78 is 14.2. The Labute approximate surface area is 108 Å². The minimum absolute atomic E-state index is 0.254. The first-order valence-electron chi connectivity index (χ1n) is 5.50. The molecule has 3 N–H and O–H groups in total. The maximum absolute atomic E-state index is 12.9. The molecule has 0 unspecified atom stereocenters. The lowest BCUT2D eigenvalue weighted by molar-refractivity contribution is 0.0953. The van der Waals surface area contributed by atoms with Crippen LogP contribution in [0, 0.1) is 5.82 Å². The number of amides is 1. The Hall–Kier alpha value is -2.47. The van der Waals surface area contributed by atoms with Gasteiger partial charge in [0.2, 0.25) is 0 Å². The first-order valence-corrected chi connectivity index (χ1v) is 5.50. The van der Waals surface area contributed by atoms with Gasteiger partial charge in [-0.05, 0) is 23.8 Å². The molecule has 2 aromatic rings. The van der Waals surface area contributed by atoms with Crippen molar-refractivity contribution in [1.29, 1.82) is 0 Å². The monoisotopic (exact) mass is 261 g/mol. The number of nitrogens with one attached hydrogen (secondary N) is 1. The number of nitrogen functional groups attached to an aromatic ring is 1. The molecule has 0 atom stereocenters. The zero-order valence-electron chi connectivity index (χ0n) is 10.2. The van der Waals surface area contributed by atoms with Crippen LogP contribution in [0.2, 0.25) is 0 Å². The molecule has 1 aromatic carbocycles. The number of hydrogen-bond acceptors (Lipinski definition) is 3. The largest absolute Gasteiger partial charge is 0.317 e. The van der Waals surface area contributed by atoms with Crippen LogP contribution in [0.4, 0.5) is 4.39 Å². The van der Waals surface area contributed by atoms with Crippen molar-refractivity contribution < 1.29 is 9.18 Å². The molecule has 0 spiro atoms. The van der Waals surface area contributed by atoms with Gasteiger partial charge in [0.05, 0.1) is 5.56 Å². The number of hydrogen-bond donors (Lipinski definition) is 2. The molecule has 98 valence electrons. The molecular weight excluding hydrogens is 249 g/mol. The molecule has 0 fully saturated rings. The molecule has 19 heavy (non-hydrogen) atoms. The van der Waals surface area contributed by atoms with E-state index in [1.54, 1.807) is 0 Å². The van der Waals surface area contributed by atoms with Crippen LogP contribution in [-0.4, -0.2) is 10.5 Å². The van der Waals surface area contributed by atoms with Crippen molar-refractivity contribution in [3.63, 3.8) is 0 Å². The molecule has 2 rings (SSSR count). The van der Waals surface area contributed by atoms with Gasteiger partial charge in [-0.3, -0.25) is 15.0 Å². The normalized spacial score (nSPS) is 10.3. The predicted octanol–water partition coefficient (Wildman–Crippen LogP) is 0.795. The first-order chi connectivity index (χ1) is 9.02. The van der Waals surface area contributed by atoms with Crippen LogP contribution in [0.3, 0.4) is 0 Å². The summed E-state index contributed by atoms with van der Waals surface area (Å²) >= 11 is 0. The SMILES string of the molecule is Cn1cc(C(=O)NN)cc(-c2ccc(F)cc2)c1=O. The van der Waals surface area contributed by atoms with Gasteiger partial charge in [-0.1, -0.05) is 12.1 Å². The number of rotatable bonds is 2. The van der Waals surface area contributed by atoms with Crippen molar-refractivity contribution in [1.82, 2.24) is 9.99 Å². The standard InChI is InChI=1S/C13H12FN3O2/c1-17-7-9(12(18)16-15)6-11(13(17)19)8-2-4-10(14)5-3-8/h2-7H,15H2,1H3,(H,16,18). The van der Waals surface area contributed by atoms with Crippen LogP contribution in [-0.2, 0) is 7.05 Å². The average Bonchev–Trinajstić information content (AvgIpc) is 2.42. The Balaban J connectivity index is 2.62. The van der Waals surface area contributed by atoms with E-state index in [9.17, 15) is 14.0 Å². The molecule has 0 saturated carbocycles. The third kappa shape index (κ3) is 2.53. The average molecular weight is 261 g/mol. The highest BCUT2D eigenvalue weighted by molar-refractivity contribution is 5.94. The molecule has 0 aliphatic heterocycles. The molecule has 1 aromatic heterocycles. The predicted molar refractivity (Wildman–Crippen MR) is 68.7 cm³/mol. The summed E-state index contributed by atoms with van der Waals surface area (Å²) in [6.45, 7) is 0. The lowest BCUT2D eigenvalue weighted by atomic mass is 10.1. The Morgan fingerprint density at radius 1 is 1.32 bits per heavy atom. The number of aromatic nitrogens is 1. The second-order valence-corrected chi connectivity index (χ2v) is 4.04. The van der Waals surface area contributed by atoms with E-state index < -0.39 is 11.7 Å². The third-order valence-corrected chi connectivity index (χ3v) is 2.73. The van der Waals surface area contributed by atoms with Crippen LogP contribution in [0.25, 0.3) is 11.1 Å². The second kappa shape index (κ2) is 5.03. The number of aryl methyl sites for hydroxylation is 1. The van der Waals surface area contributed by atoms with Gasteiger partial charge in [0, 0.05) is 18.8 Å². The molecule has 0 bridgehead atoms. The van der Waals surface area contributed by atoms with E-state index in [1.807, 2.05) is 5.43 Å². The summed E-state index contributed by atoms with van der Waals surface area (Å²) in [6, 6.07) is 6.90. The van der Waals surface area contributed by atoms with Gasteiger partial charge in [0.1, 0.15) is 5.82 Å². The van der Waals surface area contributed by atoms with E-state index in [2.05, 4.69) is 0 Å². The van der Waals surface area contributed by atoms with Crippen LogP contribution >= 0.6 is 0 Å². The summed E-state index contributed by atoms with van der Waals surface area (Å²) in [5, 5.41) is 0. The molecule has 0 aliphatic rings. The van der Waals surface area contributed by atoms with Gasteiger partial charge in [-0.15, -0.1) is 0 Å². The van der Waals surface area contributed by atoms with Crippen LogP contribution in [0.5, 0.6) is 0 Å². The number of nitrogens with two attached hydrogens (primary N) is 1. The van der Waals surface area contributed by atoms with E-state index in [-0.39, 0.29) is 11.1 Å². The molecule has 1 amide bonds. The number of halogens is 1. The van der Waals surface area contributed by atoms with Crippen LogP contribution in [0.15, 0.2) is 41.3 Å². The van der Waals surface area contributed by atoms with E-state index in [4.69, 9.17) is 5.84 Å². The minimum atomic E-state index is -0.501. The smallest absolute Gasteiger partial charge is 0.266 e. The van der Waals surface area contributed by atoms with E-state index in [0.29, 0.717) is 11.1 Å². The highest BCUT2D eigenvalue weighted by Crippen LogP contribution is 2.17. The number of carbonyl (C=O) groups excluding carboxylic acids is 1. The highest BCUT2D eigenvalue weighted by atomic mass is 19.1. The maximum atomic E-state index is 12.9. The van der Waals surface area contributed by atoms with E-state index >= 15 is 0 Å². The number of benzene rings is 1. The van der Waals surface area contributed by atoms with Crippen molar-refractivity contribution in [3.8, 4) is 11.1 Å². The number of carbonyl (C=O) groups is 1. The summed E-state index contributed by atoms with van der Waals surface area (Å²) in [6.07, 6.45) is 1.39. The summed E-state index contributed by atoms with van der Waals surface area (Å²) in [4.78, 5) is 23.5. The Morgan fingerprint density at radius 2 is 1.95 bits per heavy atom. The molecule has 6 heteroatoms. The van der Waals surface area contributed by atoms with Gasteiger partial charge in [-0.25, -0.2) is 10.2 Å². The van der Waals surface area contributed by atoms with Crippen LogP contribution in [0.1, 0.15) is 10.4 Å². The molecule has 5 nitrogen and oxygen atoms in total. The molecule has 0 radical (unpaired) electrons. The molecule has 0 saturated heterocycles. The summed E-state index contributed by atoms with van der Waals surface area (Å²) in [7, 11) is 1.53. The Bertz CT molecular complexity index is 677. The fourth-order valence-electron chi connectivity index (χ4n) is 1.76. The lowest BCUT2D eigenvalue weighted by Crippen LogP contribution is -2.31. The van der Waals surface area contributed by atoms with E-state index in [0.717, 1.165) is 0 Å². The van der Waals surface area contributed by atoms with Gasteiger partial charge >= 0.3 is 0 Å². The zero-order valence-corrected chi connectivity index (χ0v) is 10.2. The van der Waals surface area contributed by atoms with Crippen molar-refractivity contribution in [3.05, 3.63) is 58.3 Å². The zero-order chi connectivity index (χ0) is 14.0. The first kappa shape index (κ1) is 13.0. The molecular formula is C13H12FN3O2. The Kier molecular flexibility index (Phi) is 3.43. The highest BCUT2D eigenvalue weighted by Gasteiger charge is 2.11. The summed E-state index contributed by atoms with van der Waals surface area (Å²) in [5.41, 5.74) is 2.82. The number of pyridine rings is 1. The summed E-state index contributed by atoms with van der Waals surface area (Å²) in [5.74, 6) is 4.17. The minimum Gasteiger partial charge on any atom is -0.317 e. The quantitative estimate of drug-likeness (QED) is 0.477.